The molecule has 0 radical (unpaired) electrons. The van der Waals surface area contributed by atoms with Crippen molar-refractivity contribution in [2.45, 2.75) is 6.61 Å². The molecule has 0 aliphatic heterocycles. The van der Waals surface area contributed by atoms with E-state index in [9.17, 15) is 0 Å². The lowest BCUT2D eigenvalue weighted by atomic mass is 10.2. The quantitative estimate of drug-likeness (QED) is 0.738. The second-order valence-corrected chi connectivity index (χ2v) is 5.17. The maximum Gasteiger partial charge on any atom is 0.139 e. The van der Waals surface area contributed by atoms with Gasteiger partial charge in [-0.25, -0.2) is 0 Å². The van der Waals surface area contributed by atoms with E-state index in [4.69, 9.17) is 27.9 Å². The summed E-state index contributed by atoms with van der Waals surface area (Å²) in [5.74, 6) is 0.596. The predicted octanol–water partition coefficient (Wildman–Crippen LogP) is 5.33. The molecule has 0 N–H and O–H groups in total. The first-order chi connectivity index (χ1) is 8.16. The molecule has 2 rings (SSSR count). The third-order valence-corrected chi connectivity index (χ3v) is 3.49. The van der Waals surface area contributed by atoms with Crippen molar-refractivity contribution in [1.29, 1.82) is 0 Å². The van der Waals surface area contributed by atoms with E-state index in [0.29, 0.717) is 22.4 Å². The Balaban J connectivity index is 2.10. The molecule has 0 saturated carbocycles. The number of rotatable bonds is 3. The van der Waals surface area contributed by atoms with Crippen molar-refractivity contribution < 1.29 is 4.74 Å². The topological polar surface area (TPSA) is 9.23 Å². The molecule has 0 bridgehead atoms. The highest BCUT2D eigenvalue weighted by atomic mass is 79.9. The van der Waals surface area contributed by atoms with E-state index >= 15 is 0 Å². The minimum Gasteiger partial charge on any atom is -0.487 e. The predicted molar refractivity (Wildman–Crippen MR) is 74.9 cm³/mol. The largest absolute Gasteiger partial charge is 0.487 e. The summed E-state index contributed by atoms with van der Waals surface area (Å²) < 4.78 is 6.65. The van der Waals surface area contributed by atoms with Gasteiger partial charge in [0.2, 0.25) is 0 Å². The Hall–Kier alpha value is -0.700. The molecule has 0 atom stereocenters. The van der Waals surface area contributed by atoms with Crippen LogP contribution >= 0.6 is 39.1 Å². The standard InChI is InChI=1S/C13H9BrCl2O/c14-10-4-1-3-9(7-10)8-17-12-6-2-5-11(15)13(12)16/h1-7H,8H2. The highest BCUT2D eigenvalue weighted by Crippen LogP contribution is 2.31. The summed E-state index contributed by atoms with van der Waals surface area (Å²) in [5, 5.41) is 0.947. The molecule has 0 fully saturated rings. The summed E-state index contributed by atoms with van der Waals surface area (Å²) in [6.45, 7) is 0.458. The monoisotopic (exact) mass is 330 g/mol. The number of hydrogen-bond acceptors (Lipinski definition) is 1. The van der Waals surface area contributed by atoms with Gasteiger partial charge in [0, 0.05) is 4.47 Å². The molecule has 2 aromatic carbocycles. The molecule has 4 heteroatoms. The Bertz CT molecular complexity index is 529. The Labute approximate surface area is 118 Å². The molecule has 0 aliphatic carbocycles. The first kappa shape index (κ1) is 12.7. The Morgan fingerprint density at radius 2 is 1.82 bits per heavy atom. The number of halogens is 3. The van der Waals surface area contributed by atoms with Crippen molar-refractivity contribution in [2.75, 3.05) is 0 Å². The van der Waals surface area contributed by atoms with Crippen LogP contribution in [0.4, 0.5) is 0 Å². The van der Waals surface area contributed by atoms with E-state index in [0.717, 1.165) is 10.0 Å². The van der Waals surface area contributed by atoms with Gasteiger partial charge in [-0.2, -0.15) is 0 Å². The normalized spacial score (nSPS) is 10.3. The molecule has 0 amide bonds. The van der Waals surface area contributed by atoms with Crippen LogP contribution in [0, 0.1) is 0 Å². The van der Waals surface area contributed by atoms with Crippen molar-refractivity contribution in [2.24, 2.45) is 0 Å². The molecule has 0 unspecified atom stereocenters. The van der Waals surface area contributed by atoms with Crippen LogP contribution in [0.3, 0.4) is 0 Å². The van der Waals surface area contributed by atoms with E-state index < -0.39 is 0 Å². The lowest BCUT2D eigenvalue weighted by molar-refractivity contribution is 0.306. The van der Waals surface area contributed by atoms with Gasteiger partial charge in [-0.05, 0) is 29.8 Å². The van der Waals surface area contributed by atoms with Gasteiger partial charge in [0.25, 0.3) is 0 Å². The van der Waals surface area contributed by atoms with Crippen LogP contribution in [0.25, 0.3) is 0 Å². The zero-order valence-electron chi connectivity index (χ0n) is 8.79. The van der Waals surface area contributed by atoms with Crippen LogP contribution < -0.4 is 4.74 Å². The molecular formula is C13H9BrCl2O. The van der Waals surface area contributed by atoms with Gasteiger partial charge in [-0.1, -0.05) is 57.3 Å². The van der Waals surface area contributed by atoms with Crippen LogP contribution in [-0.2, 0) is 6.61 Å². The summed E-state index contributed by atoms with van der Waals surface area (Å²) in [4.78, 5) is 0. The van der Waals surface area contributed by atoms with Crippen molar-refractivity contribution in [3.05, 3.63) is 62.5 Å². The number of benzene rings is 2. The van der Waals surface area contributed by atoms with E-state index in [-0.39, 0.29) is 0 Å². The molecular weight excluding hydrogens is 323 g/mol. The average molecular weight is 332 g/mol. The second-order valence-electron chi connectivity index (χ2n) is 3.47. The minimum absolute atomic E-state index is 0.448. The summed E-state index contributed by atoms with van der Waals surface area (Å²) in [6, 6.07) is 13.3. The number of ether oxygens (including phenoxy) is 1. The Morgan fingerprint density at radius 3 is 2.59 bits per heavy atom. The van der Waals surface area contributed by atoms with E-state index in [1.54, 1.807) is 12.1 Å². The summed E-state index contributed by atoms with van der Waals surface area (Å²) in [5.41, 5.74) is 1.07. The van der Waals surface area contributed by atoms with Crippen LogP contribution in [0.15, 0.2) is 46.9 Å². The van der Waals surface area contributed by atoms with Gasteiger partial charge in [-0.3, -0.25) is 0 Å². The smallest absolute Gasteiger partial charge is 0.139 e. The third-order valence-electron chi connectivity index (χ3n) is 2.20. The summed E-state index contributed by atoms with van der Waals surface area (Å²) >= 11 is 15.3. The second kappa shape index (κ2) is 5.76. The average Bonchev–Trinajstić information content (AvgIpc) is 2.31. The van der Waals surface area contributed by atoms with Gasteiger partial charge >= 0.3 is 0 Å². The summed E-state index contributed by atoms with van der Waals surface area (Å²) in [6.07, 6.45) is 0. The molecule has 0 spiro atoms. The van der Waals surface area contributed by atoms with Crippen molar-refractivity contribution in [3.63, 3.8) is 0 Å². The van der Waals surface area contributed by atoms with Crippen molar-refractivity contribution in [1.82, 2.24) is 0 Å². The van der Waals surface area contributed by atoms with Crippen LogP contribution in [0.5, 0.6) is 5.75 Å². The maximum atomic E-state index is 6.02. The van der Waals surface area contributed by atoms with E-state index in [1.807, 2.05) is 30.3 Å². The third kappa shape index (κ3) is 3.38. The molecule has 0 heterocycles. The maximum absolute atomic E-state index is 6.02. The van der Waals surface area contributed by atoms with Crippen LogP contribution in [0.1, 0.15) is 5.56 Å². The highest BCUT2D eigenvalue weighted by Gasteiger charge is 2.05. The molecule has 0 saturated heterocycles. The molecule has 0 aromatic heterocycles. The SMILES string of the molecule is Clc1cccc(OCc2cccc(Br)c2)c1Cl. The molecule has 17 heavy (non-hydrogen) atoms. The van der Waals surface area contributed by atoms with Gasteiger partial charge in [-0.15, -0.1) is 0 Å². The van der Waals surface area contributed by atoms with E-state index in [2.05, 4.69) is 15.9 Å². The zero-order chi connectivity index (χ0) is 12.3. The highest BCUT2D eigenvalue weighted by molar-refractivity contribution is 9.10. The van der Waals surface area contributed by atoms with Crippen LogP contribution in [-0.4, -0.2) is 0 Å². The Morgan fingerprint density at radius 1 is 1.06 bits per heavy atom. The lowest BCUT2D eigenvalue weighted by Gasteiger charge is -2.09. The molecule has 88 valence electrons. The number of hydrogen-bond donors (Lipinski definition) is 0. The Kier molecular flexibility index (Phi) is 4.32. The fourth-order valence-electron chi connectivity index (χ4n) is 1.38. The van der Waals surface area contributed by atoms with Crippen molar-refractivity contribution >= 4 is 39.1 Å². The minimum atomic E-state index is 0.448. The lowest BCUT2D eigenvalue weighted by Crippen LogP contribution is -1.95. The van der Waals surface area contributed by atoms with Gasteiger partial charge < -0.3 is 4.74 Å². The first-order valence-electron chi connectivity index (χ1n) is 4.98. The van der Waals surface area contributed by atoms with E-state index in [1.165, 1.54) is 0 Å². The molecule has 1 nitrogen and oxygen atoms in total. The summed E-state index contributed by atoms with van der Waals surface area (Å²) in [7, 11) is 0. The fraction of sp³-hybridized carbons (Fsp3) is 0.0769. The van der Waals surface area contributed by atoms with Gasteiger partial charge in [0.05, 0.1) is 5.02 Å². The first-order valence-corrected chi connectivity index (χ1v) is 6.53. The fourth-order valence-corrected chi connectivity index (χ4v) is 2.18. The van der Waals surface area contributed by atoms with Gasteiger partial charge in [0.15, 0.2) is 0 Å². The molecule has 0 aliphatic rings. The zero-order valence-corrected chi connectivity index (χ0v) is 11.9. The van der Waals surface area contributed by atoms with Gasteiger partial charge in [0.1, 0.15) is 17.4 Å². The van der Waals surface area contributed by atoms with Crippen molar-refractivity contribution in [3.8, 4) is 5.75 Å². The molecule has 2 aromatic rings. The van der Waals surface area contributed by atoms with Crippen LogP contribution in [0.2, 0.25) is 10.0 Å².